The quantitative estimate of drug-likeness (QED) is 0.902. The highest BCUT2D eigenvalue weighted by Crippen LogP contribution is 2.21. The van der Waals surface area contributed by atoms with Gasteiger partial charge in [-0.05, 0) is 30.3 Å². The second-order valence-electron chi connectivity index (χ2n) is 3.31. The van der Waals surface area contributed by atoms with E-state index in [1.807, 2.05) is 0 Å². The van der Waals surface area contributed by atoms with Crippen molar-refractivity contribution in [1.82, 2.24) is 4.98 Å². The van der Waals surface area contributed by atoms with Crippen LogP contribution in [0.2, 0.25) is 10.0 Å². The van der Waals surface area contributed by atoms with E-state index in [2.05, 4.69) is 10.3 Å². The zero-order valence-corrected chi connectivity index (χ0v) is 10.2. The van der Waals surface area contributed by atoms with E-state index in [9.17, 15) is 4.79 Å². The fraction of sp³-hybridized carbons (Fsp3) is 0. The predicted molar refractivity (Wildman–Crippen MR) is 68.7 cm³/mol. The third kappa shape index (κ3) is 2.96. The van der Waals surface area contributed by atoms with Gasteiger partial charge in [0.05, 0.1) is 10.6 Å². The number of nitrogens with one attached hydrogen (secondary N) is 1. The molecule has 1 aromatic heterocycles. The summed E-state index contributed by atoms with van der Waals surface area (Å²) in [5, 5.41) is 3.53. The standard InChI is InChI=1S/C12H8Cl2N2O/c13-8-1-2-10(11(14)7-8)12(17)16-9-3-5-15-6-4-9/h1-7H,(H,15,16,17). The summed E-state index contributed by atoms with van der Waals surface area (Å²) in [4.78, 5) is 15.7. The Balaban J connectivity index is 2.21. The van der Waals surface area contributed by atoms with Crippen LogP contribution in [0.25, 0.3) is 0 Å². The fourth-order valence-corrected chi connectivity index (χ4v) is 1.80. The summed E-state index contributed by atoms with van der Waals surface area (Å²) in [6.07, 6.45) is 3.19. The highest BCUT2D eigenvalue weighted by Gasteiger charge is 2.10. The van der Waals surface area contributed by atoms with Gasteiger partial charge in [-0.15, -0.1) is 0 Å². The third-order valence-electron chi connectivity index (χ3n) is 2.11. The first-order valence-electron chi connectivity index (χ1n) is 4.83. The largest absolute Gasteiger partial charge is 0.322 e. The molecule has 1 amide bonds. The molecule has 2 aromatic rings. The van der Waals surface area contributed by atoms with Crippen LogP contribution in [0.3, 0.4) is 0 Å². The molecule has 86 valence electrons. The predicted octanol–water partition coefficient (Wildman–Crippen LogP) is 3.64. The van der Waals surface area contributed by atoms with E-state index in [-0.39, 0.29) is 5.91 Å². The van der Waals surface area contributed by atoms with Crippen LogP contribution in [-0.4, -0.2) is 10.9 Å². The SMILES string of the molecule is O=C(Nc1ccncc1)c1ccc(Cl)cc1Cl. The number of aromatic nitrogens is 1. The number of hydrogen-bond acceptors (Lipinski definition) is 2. The molecule has 1 N–H and O–H groups in total. The zero-order valence-electron chi connectivity index (χ0n) is 8.65. The van der Waals surface area contributed by atoms with Gasteiger partial charge in [0, 0.05) is 23.1 Å². The van der Waals surface area contributed by atoms with Gasteiger partial charge < -0.3 is 5.32 Å². The molecule has 17 heavy (non-hydrogen) atoms. The molecule has 3 nitrogen and oxygen atoms in total. The van der Waals surface area contributed by atoms with Crippen molar-refractivity contribution < 1.29 is 4.79 Å². The van der Waals surface area contributed by atoms with Crippen LogP contribution in [0.1, 0.15) is 10.4 Å². The molecule has 0 unspecified atom stereocenters. The van der Waals surface area contributed by atoms with E-state index in [4.69, 9.17) is 23.2 Å². The first-order valence-corrected chi connectivity index (χ1v) is 5.59. The molecule has 0 saturated carbocycles. The Kier molecular flexibility index (Phi) is 3.61. The summed E-state index contributed by atoms with van der Waals surface area (Å²) in [6, 6.07) is 8.13. The Bertz CT molecular complexity index is 543. The third-order valence-corrected chi connectivity index (χ3v) is 2.66. The minimum Gasteiger partial charge on any atom is -0.322 e. The summed E-state index contributed by atoms with van der Waals surface area (Å²) < 4.78 is 0. The summed E-state index contributed by atoms with van der Waals surface area (Å²) >= 11 is 11.7. The van der Waals surface area contributed by atoms with Gasteiger partial charge in [0.25, 0.3) is 5.91 Å². The molecule has 0 aliphatic heterocycles. The van der Waals surface area contributed by atoms with Crippen molar-refractivity contribution in [3.05, 3.63) is 58.3 Å². The van der Waals surface area contributed by atoms with Gasteiger partial charge in [-0.25, -0.2) is 0 Å². The molecule has 2 rings (SSSR count). The van der Waals surface area contributed by atoms with Crippen LogP contribution in [0.5, 0.6) is 0 Å². The Morgan fingerprint density at radius 2 is 1.82 bits per heavy atom. The van der Waals surface area contributed by atoms with Crippen LogP contribution in [-0.2, 0) is 0 Å². The first kappa shape index (κ1) is 11.9. The molecular weight excluding hydrogens is 259 g/mol. The Labute approximate surface area is 108 Å². The molecule has 5 heteroatoms. The van der Waals surface area contributed by atoms with Crippen molar-refractivity contribution >= 4 is 34.8 Å². The van der Waals surface area contributed by atoms with Crippen LogP contribution in [0, 0.1) is 0 Å². The Morgan fingerprint density at radius 1 is 1.12 bits per heavy atom. The highest BCUT2D eigenvalue weighted by molar-refractivity contribution is 6.37. The lowest BCUT2D eigenvalue weighted by Gasteiger charge is -2.06. The van der Waals surface area contributed by atoms with E-state index in [0.29, 0.717) is 21.3 Å². The molecule has 1 heterocycles. The number of pyridine rings is 1. The lowest BCUT2D eigenvalue weighted by Crippen LogP contribution is -2.12. The maximum absolute atomic E-state index is 11.9. The van der Waals surface area contributed by atoms with E-state index in [0.717, 1.165) is 0 Å². The van der Waals surface area contributed by atoms with Gasteiger partial charge in [-0.3, -0.25) is 9.78 Å². The normalized spacial score (nSPS) is 10.0. The number of carbonyl (C=O) groups is 1. The summed E-state index contributed by atoms with van der Waals surface area (Å²) in [7, 11) is 0. The van der Waals surface area contributed by atoms with Crippen molar-refractivity contribution in [2.45, 2.75) is 0 Å². The smallest absolute Gasteiger partial charge is 0.257 e. The van der Waals surface area contributed by atoms with Gasteiger partial charge in [-0.2, -0.15) is 0 Å². The number of hydrogen-bond donors (Lipinski definition) is 1. The molecule has 0 aliphatic rings. The monoisotopic (exact) mass is 266 g/mol. The van der Waals surface area contributed by atoms with E-state index < -0.39 is 0 Å². The molecule has 0 atom stereocenters. The summed E-state index contributed by atoms with van der Waals surface area (Å²) in [6.45, 7) is 0. The van der Waals surface area contributed by atoms with Crippen molar-refractivity contribution in [3.63, 3.8) is 0 Å². The van der Waals surface area contributed by atoms with Crippen LogP contribution in [0.4, 0.5) is 5.69 Å². The van der Waals surface area contributed by atoms with Gasteiger partial charge in [0.2, 0.25) is 0 Å². The maximum atomic E-state index is 11.9. The van der Waals surface area contributed by atoms with Crippen molar-refractivity contribution in [1.29, 1.82) is 0 Å². The number of benzene rings is 1. The van der Waals surface area contributed by atoms with Crippen LogP contribution in [0.15, 0.2) is 42.7 Å². The number of amides is 1. The molecule has 1 aromatic carbocycles. The van der Waals surface area contributed by atoms with E-state index >= 15 is 0 Å². The number of carbonyl (C=O) groups excluding carboxylic acids is 1. The number of halogens is 2. The van der Waals surface area contributed by atoms with Gasteiger partial charge >= 0.3 is 0 Å². The summed E-state index contributed by atoms with van der Waals surface area (Å²) in [5.41, 5.74) is 1.05. The number of anilines is 1. The van der Waals surface area contributed by atoms with Gasteiger partial charge in [-0.1, -0.05) is 23.2 Å². The molecule has 0 fully saturated rings. The fourth-order valence-electron chi connectivity index (χ4n) is 1.31. The Morgan fingerprint density at radius 3 is 2.47 bits per heavy atom. The van der Waals surface area contributed by atoms with Crippen LogP contribution < -0.4 is 5.32 Å². The Hall–Kier alpha value is -1.58. The topological polar surface area (TPSA) is 42.0 Å². The molecule has 0 aliphatic carbocycles. The average Bonchev–Trinajstić information content (AvgIpc) is 2.30. The molecule has 0 spiro atoms. The van der Waals surface area contributed by atoms with Gasteiger partial charge in [0.1, 0.15) is 0 Å². The summed E-state index contributed by atoms with van der Waals surface area (Å²) in [5.74, 6) is -0.280. The zero-order chi connectivity index (χ0) is 12.3. The lowest BCUT2D eigenvalue weighted by molar-refractivity contribution is 0.102. The van der Waals surface area contributed by atoms with E-state index in [1.165, 1.54) is 6.07 Å². The van der Waals surface area contributed by atoms with Crippen molar-refractivity contribution in [2.24, 2.45) is 0 Å². The average molecular weight is 267 g/mol. The first-order chi connectivity index (χ1) is 8.16. The minimum atomic E-state index is -0.280. The van der Waals surface area contributed by atoms with Crippen LogP contribution >= 0.6 is 23.2 Å². The second-order valence-corrected chi connectivity index (χ2v) is 4.16. The van der Waals surface area contributed by atoms with E-state index in [1.54, 1.807) is 36.7 Å². The minimum absolute atomic E-state index is 0.280. The van der Waals surface area contributed by atoms with Crippen molar-refractivity contribution in [3.8, 4) is 0 Å². The number of nitrogens with zero attached hydrogens (tertiary/aromatic N) is 1. The molecular formula is C12H8Cl2N2O. The molecule has 0 radical (unpaired) electrons. The molecule has 0 bridgehead atoms. The van der Waals surface area contributed by atoms with Gasteiger partial charge in [0.15, 0.2) is 0 Å². The molecule has 0 saturated heterocycles. The van der Waals surface area contributed by atoms with Crippen molar-refractivity contribution in [2.75, 3.05) is 5.32 Å². The highest BCUT2D eigenvalue weighted by atomic mass is 35.5. The number of rotatable bonds is 2. The second kappa shape index (κ2) is 5.17. The maximum Gasteiger partial charge on any atom is 0.257 e. The lowest BCUT2D eigenvalue weighted by atomic mass is 10.2.